The van der Waals surface area contributed by atoms with Gasteiger partial charge in [0.05, 0.1) is 12.2 Å². The first-order valence-electron chi connectivity index (χ1n) is 3.50. The fraction of sp³-hybridized carbons (Fsp3) is 1.00. The van der Waals surface area contributed by atoms with Crippen LogP contribution in [0.5, 0.6) is 0 Å². The molecule has 0 aromatic carbocycles. The van der Waals surface area contributed by atoms with Gasteiger partial charge >= 0.3 is 0 Å². The maximum Gasteiger partial charge on any atom is 0.0708 e. The molecule has 0 aliphatic heterocycles. The van der Waals surface area contributed by atoms with Gasteiger partial charge < -0.3 is 21.7 Å². The normalized spacial score (nSPS) is 49.2. The molecular formula is C6H14N2O2. The lowest BCUT2D eigenvalue weighted by molar-refractivity contribution is 0.0214. The van der Waals surface area contributed by atoms with Crippen LogP contribution >= 0.6 is 0 Å². The Morgan fingerprint density at radius 2 is 1.20 bits per heavy atom. The smallest absolute Gasteiger partial charge is 0.0708 e. The third kappa shape index (κ3) is 1.29. The average molecular weight is 146 g/mol. The maximum absolute atomic E-state index is 9.15. The highest BCUT2D eigenvalue weighted by atomic mass is 16.3. The molecule has 4 atom stereocenters. The number of hydrogen-bond donors (Lipinski definition) is 4. The van der Waals surface area contributed by atoms with E-state index in [1.807, 2.05) is 0 Å². The third-order valence-corrected chi connectivity index (χ3v) is 2.09. The Morgan fingerprint density at radius 1 is 0.900 bits per heavy atom. The van der Waals surface area contributed by atoms with Crippen LogP contribution in [0.2, 0.25) is 0 Å². The van der Waals surface area contributed by atoms with Crippen LogP contribution in [0.3, 0.4) is 0 Å². The lowest BCUT2D eigenvalue weighted by atomic mass is 9.87. The number of hydrogen-bond acceptors (Lipinski definition) is 4. The van der Waals surface area contributed by atoms with E-state index < -0.39 is 24.3 Å². The zero-order valence-electron chi connectivity index (χ0n) is 5.77. The van der Waals surface area contributed by atoms with Crippen molar-refractivity contribution in [3.63, 3.8) is 0 Å². The number of nitrogens with two attached hydrogens (primary N) is 2. The van der Waals surface area contributed by atoms with Crippen LogP contribution in [0.25, 0.3) is 0 Å². The monoisotopic (exact) mass is 146 g/mol. The molecule has 0 amide bonds. The summed E-state index contributed by atoms with van der Waals surface area (Å²) in [7, 11) is 0. The standard InChI is InChI=1S/C6H14N2O2/c7-5-3(9)1-2-4(10)6(5)8/h3-6,9-10H,1-2,7-8H2/t3-,4-,5-,6-/m1/s1. The topological polar surface area (TPSA) is 92.5 Å². The molecule has 1 saturated carbocycles. The van der Waals surface area contributed by atoms with E-state index in [1.54, 1.807) is 0 Å². The van der Waals surface area contributed by atoms with Gasteiger partial charge in [0.25, 0.3) is 0 Å². The quantitative estimate of drug-likeness (QED) is 0.323. The highest BCUT2D eigenvalue weighted by molar-refractivity contribution is 4.92. The van der Waals surface area contributed by atoms with Crippen molar-refractivity contribution in [2.45, 2.75) is 37.1 Å². The summed E-state index contributed by atoms with van der Waals surface area (Å²) in [6, 6.07) is -0.938. The molecule has 1 fully saturated rings. The molecular weight excluding hydrogens is 132 g/mol. The van der Waals surface area contributed by atoms with Crippen molar-refractivity contribution in [2.75, 3.05) is 0 Å². The lowest BCUT2D eigenvalue weighted by Gasteiger charge is -2.33. The van der Waals surface area contributed by atoms with E-state index in [9.17, 15) is 0 Å². The van der Waals surface area contributed by atoms with Crippen molar-refractivity contribution in [3.05, 3.63) is 0 Å². The molecule has 10 heavy (non-hydrogen) atoms. The number of aliphatic hydroxyl groups excluding tert-OH is 2. The predicted octanol–water partition coefficient (Wildman–Crippen LogP) is -1.84. The Labute approximate surface area is 59.8 Å². The van der Waals surface area contributed by atoms with Crippen molar-refractivity contribution < 1.29 is 10.2 Å². The summed E-state index contributed by atoms with van der Waals surface area (Å²) >= 11 is 0. The molecule has 4 nitrogen and oxygen atoms in total. The Hall–Kier alpha value is -0.160. The second-order valence-corrected chi connectivity index (χ2v) is 2.87. The van der Waals surface area contributed by atoms with Crippen LogP contribution in [0.15, 0.2) is 0 Å². The van der Waals surface area contributed by atoms with Crippen LogP contribution in [-0.2, 0) is 0 Å². The van der Waals surface area contributed by atoms with Gasteiger partial charge in [-0.25, -0.2) is 0 Å². The SMILES string of the molecule is N[C@H]1[C@H](N)[C@H](O)CC[C@H]1O. The molecule has 0 aromatic heterocycles. The largest absolute Gasteiger partial charge is 0.391 e. The van der Waals surface area contributed by atoms with Crippen molar-refractivity contribution in [3.8, 4) is 0 Å². The fourth-order valence-electron chi connectivity index (χ4n) is 1.24. The Balaban J connectivity index is 2.52. The zero-order chi connectivity index (χ0) is 7.72. The molecule has 0 unspecified atom stereocenters. The minimum atomic E-state index is -0.543. The molecule has 0 aromatic rings. The molecule has 60 valence electrons. The average Bonchev–Trinajstić information content (AvgIpc) is 1.93. The molecule has 0 radical (unpaired) electrons. The summed E-state index contributed by atoms with van der Waals surface area (Å²) in [4.78, 5) is 0. The van der Waals surface area contributed by atoms with Gasteiger partial charge in [0.1, 0.15) is 0 Å². The van der Waals surface area contributed by atoms with E-state index in [2.05, 4.69) is 0 Å². The van der Waals surface area contributed by atoms with E-state index in [4.69, 9.17) is 21.7 Å². The molecule has 6 N–H and O–H groups in total. The molecule has 1 aliphatic carbocycles. The molecule has 1 aliphatic rings. The molecule has 1 rings (SSSR count). The van der Waals surface area contributed by atoms with Gasteiger partial charge in [0.2, 0.25) is 0 Å². The van der Waals surface area contributed by atoms with Crippen LogP contribution in [0, 0.1) is 0 Å². The summed E-state index contributed by atoms with van der Waals surface area (Å²) < 4.78 is 0. The minimum Gasteiger partial charge on any atom is -0.391 e. The van der Waals surface area contributed by atoms with Gasteiger partial charge in [-0.3, -0.25) is 0 Å². The first-order valence-corrected chi connectivity index (χ1v) is 3.50. The summed E-state index contributed by atoms with van der Waals surface area (Å²) in [5.41, 5.74) is 11.0. The zero-order valence-corrected chi connectivity index (χ0v) is 5.77. The van der Waals surface area contributed by atoms with Gasteiger partial charge in [-0.2, -0.15) is 0 Å². The van der Waals surface area contributed by atoms with Crippen LogP contribution in [0.1, 0.15) is 12.8 Å². The Bertz CT molecular complexity index is 106. The maximum atomic E-state index is 9.15. The molecule has 0 bridgehead atoms. The summed E-state index contributed by atoms with van der Waals surface area (Å²) in [6.45, 7) is 0. The van der Waals surface area contributed by atoms with Gasteiger partial charge in [0.15, 0.2) is 0 Å². The Morgan fingerprint density at radius 3 is 1.50 bits per heavy atom. The number of rotatable bonds is 0. The minimum absolute atomic E-state index is 0.469. The van der Waals surface area contributed by atoms with E-state index in [0.29, 0.717) is 12.8 Å². The van der Waals surface area contributed by atoms with E-state index in [-0.39, 0.29) is 0 Å². The first kappa shape index (κ1) is 7.94. The van der Waals surface area contributed by atoms with E-state index >= 15 is 0 Å². The van der Waals surface area contributed by atoms with Gasteiger partial charge in [0, 0.05) is 12.1 Å². The van der Waals surface area contributed by atoms with Crippen molar-refractivity contribution in [2.24, 2.45) is 11.5 Å². The van der Waals surface area contributed by atoms with Gasteiger partial charge in [-0.1, -0.05) is 0 Å². The number of aliphatic hydroxyl groups is 2. The molecule has 4 heteroatoms. The summed E-state index contributed by atoms with van der Waals surface area (Å²) in [5.74, 6) is 0. The molecule has 0 spiro atoms. The van der Waals surface area contributed by atoms with E-state index in [1.165, 1.54) is 0 Å². The fourth-order valence-corrected chi connectivity index (χ4v) is 1.24. The highest BCUT2D eigenvalue weighted by Gasteiger charge is 2.32. The summed E-state index contributed by atoms with van der Waals surface area (Å²) in [5, 5.41) is 18.3. The van der Waals surface area contributed by atoms with Crippen molar-refractivity contribution in [1.82, 2.24) is 0 Å². The van der Waals surface area contributed by atoms with Crippen LogP contribution in [-0.4, -0.2) is 34.5 Å². The second-order valence-electron chi connectivity index (χ2n) is 2.87. The second kappa shape index (κ2) is 2.84. The first-order chi connectivity index (χ1) is 4.63. The third-order valence-electron chi connectivity index (χ3n) is 2.09. The van der Waals surface area contributed by atoms with Crippen molar-refractivity contribution in [1.29, 1.82) is 0 Å². The summed E-state index contributed by atoms with van der Waals surface area (Å²) in [6.07, 6.45) is 0.0169. The lowest BCUT2D eigenvalue weighted by Crippen LogP contribution is -2.58. The van der Waals surface area contributed by atoms with Gasteiger partial charge in [-0.05, 0) is 12.8 Å². The van der Waals surface area contributed by atoms with Crippen molar-refractivity contribution >= 4 is 0 Å². The van der Waals surface area contributed by atoms with Crippen LogP contribution < -0.4 is 11.5 Å². The van der Waals surface area contributed by atoms with E-state index in [0.717, 1.165) is 0 Å². The Kier molecular flexibility index (Phi) is 2.25. The molecule has 0 heterocycles. The van der Waals surface area contributed by atoms with Gasteiger partial charge in [-0.15, -0.1) is 0 Å². The molecule has 0 saturated heterocycles. The highest BCUT2D eigenvalue weighted by Crippen LogP contribution is 2.16. The van der Waals surface area contributed by atoms with Crippen LogP contribution in [0.4, 0.5) is 0 Å². The predicted molar refractivity (Wildman–Crippen MR) is 37.2 cm³/mol.